The summed E-state index contributed by atoms with van der Waals surface area (Å²) >= 11 is 0. The van der Waals surface area contributed by atoms with Crippen LogP contribution in [0.25, 0.3) is 22.0 Å². The Morgan fingerprint density at radius 1 is 0.906 bits per heavy atom. The van der Waals surface area contributed by atoms with Gasteiger partial charge in [0.15, 0.2) is 0 Å². The maximum absolute atomic E-state index is 12.9. The minimum Gasteiger partial charge on any atom is -0.347 e. The third kappa shape index (κ3) is 3.54. The molecule has 0 unspecified atom stereocenters. The smallest absolute Gasteiger partial charge is 0.259 e. The van der Waals surface area contributed by atoms with Gasteiger partial charge in [0.25, 0.3) is 11.8 Å². The highest BCUT2D eigenvalue weighted by atomic mass is 16.2. The zero-order chi connectivity index (χ0) is 22.2. The van der Waals surface area contributed by atoms with E-state index in [1.807, 2.05) is 56.8 Å². The Balaban J connectivity index is 1.61. The molecule has 160 valence electrons. The monoisotopic (exact) mass is 424 g/mol. The van der Waals surface area contributed by atoms with Crippen LogP contribution in [0.15, 0.2) is 67.4 Å². The predicted molar refractivity (Wildman–Crippen MR) is 125 cm³/mol. The van der Waals surface area contributed by atoms with E-state index in [1.165, 1.54) is 0 Å². The van der Waals surface area contributed by atoms with E-state index < -0.39 is 0 Å². The lowest BCUT2D eigenvalue weighted by molar-refractivity contribution is -0.122. The molecule has 1 aliphatic rings. The van der Waals surface area contributed by atoms with Gasteiger partial charge < -0.3 is 9.13 Å². The first-order chi connectivity index (χ1) is 15.5. The van der Waals surface area contributed by atoms with Crippen molar-refractivity contribution in [1.82, 2.24) is 19.4 Å². The molecule has 2 aromatic carbocycles. The molecule has 1 aliphatic heterocycles. The number of benzene rings is 2. The van der Waals surface area contributed by atoms with E-state index in [4.69, 9.17) is 0 Å². The van der Waals surface area contributed by atoms with Crippen LogP contribution in [0.5, 0.6) is 0 Å². The normalized spacial score (nSPS) is 13.9. The number of amides is 2. The highest BCUT2D eigenvalue weighted by Gasteiger charge is 2.33. The minimum atomic E-state index is -0.345. The van der Waals surface area contributed by atoms with Crippen molar-refractivity contribution in [3.8, 4) is 0 Å². The molecule has 6 nitrogen and oxygen atoms in total. The van der Waals surface area contributed by atoms with Crippen molar-refractivity contribution >= 4 is 33.9 Å². The zero-order valence-electron chi connectivity index (χ0n) is 18.1. The van der Waals surface area contributed by atoms with Gasteiger partial charge in [0.2, 0.25) is 0 Å². The SMILES string of the molecule is Cc1ccc(C2=C(c3cn(CCCn4ccnc4)c4ccc(C)cc34)C(=O)NC2=O)cc1. The predicted octanol–water partition coefficient (Wildman–Crippen LogP) is 4.11. The first-order valence-corrected chi connectivity index (χ1v) is 10.7. The molecule has 4 aromatic rings. The molecule has 2 amide bonds. The largest absolute Gasteiger partial charge is 0.347 e. The number of hydrogen-bond donors (Lipinski definition) is 1. The number of carbonyl (C=O) groups excluding carboxylic acids is 2. The molecule has 0 aliphatic carbocycles. The maximum atomic E-state index is 12.9. The van der Waals surface area contributed by atoms with Crippen molar-refractivity contribution < 1.29 is 9.59 Å². The van der Waals surface area contributed by atoms with Crippen molar-refractivity contribution in [3.05, 3.63) is 89.6 Å². The van der Waals surface area contributed by atoms with Gasteiger partial charge in [0.05, 0.1) is 17.5 Å². The van der Waals surface area contributed by atoms with Crippen molar-refractivity contribution in [1.29, 1.82) is 0 Å². The van der Waals surface area contributed by atoms with E-state index in [2.05, 4.69) is 37.6 Å². The number of hydrogen-bond acceptors (Lipinski definition) is 3. The second kappa shape index (κ2) is 7.96. The summed E-state index contributed by atoms with van der Waals surface area (Å²) in [5.74, 6) is -0.688. The fourth-order valence-corrected chi connectivity index (χ4v) is 4.35. The van der Waals surface area contributed by atoms with Crippen LogP contribution in [0.2, 0.25) is 0 Å². The molecule has 3 heterocycles. The second-order valence-electron chi connectivity index (χ2n) is 8.31. The molecule has 1 N–H and O–H groups in total. The number of fused-ring (bicyclic) bond motifs is 1. The van der Waals surface area contributed by atoms with Crippen molar-refractivity contribution in [2.24, 2.45) is 0 Å². The molecular formula is C26H24N4O2. The number of aromatic nitrogens is 3. The van der Waals surface area contributed by atoms with Crippen LogP contribution in [0.4, 0.5) is 0 Å². The molecule has 6 heteroatoms. The highest BCUT2D eigenvalue weighted by Crippen LogP contribution is 2.36. The summed E-state index contributed by atoms with van der Waals surface area (Å²) < 4.78 is 4.23. The Morgan fingerprint density at radius 3 is 2.41 bits per heavy atom. The van der Waals surface area contributed by atoms with Gasteiger partial charge in [-0.05, 0) is 38.0 Å². The second-order valence-corrected chi connectivity index (χ2v) is 8.31. The molecule has 0 spiro atoms. The quantitative estimate of drug-likeness (QED) is 0.474. The summed E-state index contributed by atoms with van der Waals surface area (Å²) in [6, 6.07) is 14.0. The summed E-state index contributed by atoms with van der Waals surface area (Å²) in [4.78, 5) is 29.8. The van der Waals surface area contributed by atoms with Crippen LogP contribution in [-0.2, 0) is 22.7 Å². The molecule has 0 saturated carbocycles. The van der Waals surface area contributed by atoms with E-state index in [9.17, 15) is 9.59 Å². The van der Waals surface area contributed by atoms with Crippen LogP contribution >= 0.6 is 0 Å². The fraction of sp³-hybridized carbons (Fsp3) is 0.192. The third-order valence-electron chi connectivity index (χ3n) is 5.95. The average Bonchev–Trinajstić information content (AvgIpc) is 3.47. The van der Waals surface area contributed by atoms with Gasteiger partial charge in [-0.25, -0.2) is 4.98 Å². The van der Waals surface area contributed by atoms with E-state index in [0.29, 0.717) is 11.1 Å². The molecule has 32 heavy (non-hydrogen) atoms. The van der Waals surface area contributed by atoms with E-state index >= 15 is 0 Å². The van der Waals surface area contributed by atoms with E-state index in [-0.39, 0.29) is 11.8 Å². The molecule has 2 aromatic heterocycles. The standard InChI is InChI=1S/C26H24N4O2/c1-17-4-7-19(8-5-17)23-24(26(32)28-25(23)31)21-15-30(12-3-11-29-13-10-27-16-29)22-9-6-18(2)14-20(21)22/h4-10,13-16H,3,11-12H2,1-2H3,(H,28,31,32). The highest BCUT2D eigenvalue weighted by molar-refractivity contribution is 6.50. The summed E-state index contributed by atoms with van der Waals surface area (Å²) in [6.07, 6.45) is 8.48. The zero-order valence-corrected chi connectivity index (χ0v) is 18.1. The lowest BCUT2D eigenvalue weighted by atomic mass is 9.95. The van der Waals surface area contributed by atoms with Gasteiger partial charge in [-0.2, -0.15) is 0 Å². The first kappa shape index (κ1) is 20.0. The van der Waals surface area contributed by atoms with Crippen LogP contribution < -0.4 is 5.32 Å². The summed E-state index contributed by atoms with van der Waals surface area (Å²) in [6.45, 7) is 5.69. The molecule has 0 fully saturated rings. The number of imide groups is 1. The lowest BCUT2D eigenvalue weighted by Gasteiger charge is -2.06. The number of carbonyl (C=O) groups is 2. The topological polar surface area (TPSA) is 68.9 Å². The maximum Gasteiger partial charge on any atom is 0.259 e. The molecule has 0 bridgehead atoms. The molecule has 0 radical (unpaired) electrons. The molecular weight excluding hydrogens is 400 g/mol. The number of nitrogens with one attached hydrogen (secondary N) is 1. The van der Waals surface area contributed by atoms with Gasteiger partial charge in [-0.3, -0.25) is 14.9 Å². The molecule has 5 rings (SSSR count). The van der Waals surface area contributed by atoms with Crippen molar-refractivity contribution in [2.75, 3.05) is 0 Å². The molecule has 0 saturated heterocycles. The fourth-order valence-electron chi connectivity index (χ4n) is 4.35. The van der Waals surface area contributed by atoms with Gasteiger partial charge in [-0.15, -0.1) is 0 Å². The van der Waals surface area contributed by atoms with Crippen molar-refractivity contribution in [2.45, 2.75) is 33.4 Å². The Morgan fingerprint density at radius 2 is 1.66 bits per heavy atom. The Bertz CT molecular complexity index is 1360. The number of imidazole rings is 1. The summed E-state index contributed by atoms with van der Waals surface area (Å²) in [5, 5.41) is 3.49. The number of aryl methyl sites for hydroxylation is 4. The van der Waals surface area contributed by atoms with Gasteiger partial charge >= 0.3 is 0 Å². The van der Waals surface area contributed by atoms with Gasteiger partial charge in [0.1, 0.15) is 0 Å². The Kier molecular flexibility index (Phi) is 4.98. The minimum absolute atomic E-state index is 0.343. The van der Waals surface area contributed by atoms with Crippen LogP contribution in [0.1, 0.15) is 28.7 Å². The Labute approximate surface area is 186 Å². The summed E-state index contributed by atoms with van der Waals surface area (Å²) in [5.41, 5.74) is 5.70. The van der Waals surface area contributed by atoms with Gasteiger partial charge in [-0.1, -0.05) is 41.5 Å². The summed E-state index contributed by atoms with van der Waals surface area (Å²) in [7, 11) is 0. The first-order valence-electron chi connectivity index (χ1n) is 10.7. The van der Waals surface area contributed by atoms with E-state index in [1.54, 1.807) is 6.20 Å². The van der Waals surface area contributed by atoms with Crippen LogP contribution in [0, 0.1) is 13.8 Å². The Hall–Kier alpha value is -3.93. The van der Waals surface area contributed by atoms with Crippen LogP contribution in [-0.4, -0.2) is 25.9 Å². The number of rotatable bonds is 6. The number of nitrogens with zero attached hydrogens (tertiary/aromatic N) is 3. The third-order valence-corrected chi connectivity index (χ3v) is 5.95. The van der Waals surface area contributed by atoms with Gasteiger partial charge in [0, 0.05) is 48.1 Å². The van der Waals surface area contributed by atoms with Crippen molar-refractivity contribution in [3.63, 3.8) is 0 Å². The average molecular weight is 425 g/mol. The van der Waals surface area contributed by atoms with E-state index in [0.717, 1.165) is 52.7 Å². The lowest BCUT2D eigenvalue weighted by Crippen LogP contribution is -2.22. The molecule has 0 atom stereocenters. The van der Waals surface area contributed by atoms with Crippen LogP contribution in [0.3, 0.4) is 0 Å².